The maximum absolute atomic E-state index is 14.2. The molecule has 33 heavy (non-hydrogen) atoms. The second-order valence-corrected chi connectivity index (χ2v) is 11.4. The Morgan fingerprint density at radius 1 is 1.15 bits per heavy atom. The maximum Gasteiger partial charge on any atom is 0.271 e. The Hall–Kier alpha value is -2.56. The monoisotopic (exact) mass is 512 g/mol. The molecule has 0 aliphatic heterocycles. The van der Waals surface area contributed by atoms with E-state index >= 15 is 0 Å². The molecule has 1 aliphatic carbocycles. The van der Waals surface area contributed by atoms with Crippen molar-refractivity contribution in [3.05, 3.63) is 70.2 Å². The first-order valence-corrected chi connectivity index (χ1v) is 12.9. The highest BCUT2D eigenvalue weighted by Gasteiger charge is 2.31. The van der Waals surface area contributed by atoms with E-state index in [1.54, 1.807) is 0 Å². The topological polar surface area (TPSA) is 85.4 Å². The molecule has 0 saturated heterocycles. The molecule has 11 heteroatoms. The number of hydrogen-bond acceptors (Lipinski definition) is 6. The molecular weight excluding hydrogens is 494 g/mol. The summed E-state index contributed by atoms with van der Waals surface area (Å²) in [6.07, 6.45) is 3.00. The average Bonchev–Trinajstić information content (AvgIpc) is 3.46. The fourth-order valence-electron chi connectivity index (χ4n) is 3.68. The van der Waals surface area contributed by atoms with Crippen LogP contribution in [0.2, 0.25) is 4.34 Å². The number of amides is 1. The third kappa shape index (κ3) is 5.34. The van der Waals surface area contributed by atoms with Gasteiger partial charge in [0.1, 0.15) is 10.2 Å². The van der Waals surface area contributed by atoms with Crippen LogP contribution in [0, 0.1) is 11.6 Å². The van der Waals surface area contributed by atoms with E-state index in [1.165, 1.54) is 30.5 Å². The SMILES string of the molecule is O=C(Nc1ncc(Cl)s1)C(Oc1ccc(F)cc1F)c1ccc(S(=O)(=O)C2CCCC2)cc1. The molecule has 1 unspecified atom stereocenters. The standard InChI is InChI=1S/C22H19ClF2N2O4S2/c23-19-12-26-22(32-19)27-21(28)20(31-18-10-7-14(24)11-17(18)25)13-5-8-16(9-6-13)33(29,30)15-3-1-2-4-15/h5-12,15,20H,1-4H2,(H,26,27,28). The number of nitrogens with zero attached hydrogens (tertiary/aromatic N) is 1. The highest BCUT2D eigenvalue weighted by Crippen LogP contribution is 2.32. The fourth-order valence-corrected chi connectivity index (χ4v) is 6.35. The van der Waals surface area contributed by atoms with Crippen molar-refractivity contribution in [2.24, 2.45) is 0 Å². The van der Waals surface area contributed by atoms with E-state index in [-0.39, 0.29) is 21.3 Å². The van der Waals surface area contributed by atoms with Crippen LogP contribution in [-0.2, 0) is 14.6 Å². The number of aromatic nitrogens is 1. The zero-order chi connectivity index (χ0) is 23.6. The maximum atomic E-state index is 14.2. The van der Waals surface area contributed by atoms with Crippen molar-refractivity contribution in [3.8, 4) is 5.75 Å². The first-order valence-electron chi connectivity index (χ1n) is 10.1. The lowest BCUT2D eigenvalue weighted by Crippen LogP contribution is -2.26. The van der Waals surface area contributed by atoms with Crippen LogP contribution in [0.25, 0.3) is 0 Å². The quantitative estimate of drug-likeness (QED) is 0.448. The Balaban J connectivity index is 1.63. The minimum Gasteiger partial charge on any atom is -0.473 e. The van der Waals surface area contributed by atoms with Crippen LogP contribution in [0.1, 0.15) is 37.4 Å². The summed E-state index contributed by atoms with van der Waals surface area (Å²) in [5.74, 6) is -2.79. The van der Waals surface area contributed by atoms with E-state index in [0.29, 0.717) is 23.2 Å². The molecule has 1 aromatic heterocycles. The molecule has 1 heterocycles. The number of hydrogen-bond donors (Lipinski definition) is 1. The lowest BCUT2D eigenvalue weighted by molar-refractivity contribution is -0.123. The van der Waals surface area contributed by atoms with E-state index in [9.17, 15) is 22.0 Å². The molecule has 1 fully saturated rings. The van der Waals surface area contributed by atoms with E-state index in [4.69, 9.17) is 16.3 Å². The Labute approximate surface area is 198 Å². The minimum absolute atomic E-state index is 0.150. The van der Waals surface area contributed by atoms with Gasteiger partial charge in [0.05, 0.1) is 16.3 Å². The molecule has 3 aromatic rings. The number of benzene rings is 2. The number of carbonyl (C=O) groups is 1. The number of thiazole rings is 1. The van der Waals surface area contributed by atoms with Crippen molar-refractivity contribution in [2.75, 3.05) is 5.32 Å². The van der Waals surface area contributed by atoms with Gasteiger partial charge in [-0.3, -0.25) is 10.1 Å². The summed E-state index contributed by atoms with van der Waals surface area (Å²) in [5.41, 5.74) is 0.282. The lowest BCUT2D eigenvalue weighted by Gasteiger charge is -2.19. The molecule has 174 valence electrons. The van der Waals surface area contributed by atoms with Gasteiger partial charge in [-0.25, -0.2) is 22.2 Å². The Morgan fingerprint density at radius 2 is 1.85 bits per heavy atom. The predicted octanol–water partition coefficient (Wildman–Crippen LogP) is 5.55. The first kappa shape index (κ1) is 23.6. The predicted molar refractivity (Wildman–Crippen MR) is 121 cm³/mol. The second-order valence-electron chi connectivity index (χ2n) is 7.55. The molecule has 1 aliphatic rings. The van der Waals surface area contributed by atoms with Crippen molar-refractivity contribution in [3.63, 3.8) is 0 Å². The van der Waals surface area contributed by atoms with Crippen molar-refractivity contribution >= 4 is 43.8 Å². The van der Waals surface area contributed by atoms with Gasteiger partial charge in [-0.2, -0.15) is 0 Å². The molecule has 1 N–H and O–H groups in total. The smallest absolute Gasteiger partial charge is 0.271 e. The second kappa shape index (κ2) is 9.74. The number of ether oxygens (including phenoxy) is 1. The van der Waals surface area contributed by atoms with Crippen molar-refractivity contribution < 1.29 is 26.7 Å². The summed E-state index contributed by atoms with van der Waals surface area (Å²) in [4.78, 5) is 17.1. The van der Waals surface area contributed by atoms with E-state index in [0.717, 1.165) is 36.3 Å². The van der Waals surface area contributed by atoms with Crippen molar-refractivity contribution in [1.29, 1.82) is 0 Å². The zero-order valence-electron chi connectivity index (χ0n) is 17.1. The molecule has 6 nitrogen and oxygen atoms in total. The third-order valence-corrected chi connectivity index (χ3v) is 8.65. The van der Waals surface area contributed by atoms with Gasteiger partial charge in [0.2, 0.25) is 6.10 Å². The lowest BCUT2D eigenvalue weighted by atomic mass is 10.1. The van der Waals surface area contributed by atoms with Gasteiger partial charge in [0.25, 0.3) is 5.91 Å². The van der Waals surface area contributed by atoms with Gasteiger partial charge in [0, 0.05) is 11.6 Å². The molecule has 2 aromatic carbocycles. The van der Waals surface area contributed by atoms with Crippen molar-refractivity contribution in [2.45, 2.75) is 41.9 Å². The summed E-state index contributed by atoms with van der Waals surface area (Å²) in [6.45, 7) is 0. The van der Waals surface area contributed by atoms with Gasteiger partial charge in [-0.1, -0.05) is 47.9 Å². The molecule has 0 radical (unpaired) electrons. The van der Waals surface area contributed by atoms with Crippen LogP contribution in [0.4, 0.5) is 13.9 Å². The highest BCUT2D eigenvalue weighted by atomic mass is 35.5. The summed E-state index contributed by atoms with van der Waals surface area (Å²) in [7, 11) is -3.48. The van der Waals surface area contributed by atoms with Crippen molar-refractivity contribution in [1.82, 2.24) is 4.98 Å². The third-order valence-electron chi connectivity index (χ3n) is 5.34. The largest absolute Gasteiger partial charge is 0.473 e. The van der Waals surface area contributed by atoms with Gasteiger partial charge >= 0.3 is 0 Å². The molecule has 1 saturated carbocycles. The fraction of sp³-hybridized carbons (Fsp3) is 0.273. The molecule has 0 spiro atoms. The van der Waals surface area contributed by atoms with Gasteiger partial charge in [-0.15, -0.1) is 0 Å². The number of nitrogens with one attached hydrogen (secondary N) is 1. The number of halogens is 3. The number of carbonyl (C=O) groups excluding carboxylic acids is 1. The highest BCUT2D eigenvalue weighted by molar-refractivity contribution is 7.92. The Bertz CT molecular complexity index is 1260. The van der Waals surface area contributed by atoms with Crippen LogP contribution in [0.5, 0.6) is 5.75 Å². The van der Waals surface area contributed by atoms with Crippen LogP contribution >= 0.6 is 22.9 Å². The molecule has 1 amide bonds. The molecular formula is C22H19ClF2N2O4S2. The normalized spacial score (nSPS) is 15.4. The molecule has 4 rings (SSSR count). The molecule has 0 bridgehead atoms. The van der Waals surface area contributed by atoms with Crippen LogP contribution in [0.15, 0.2) is 53.6 Å². The minimum atomic E-state index is -3.48. The van der Waals surface area contributed by atoms with Crippen LogP contribution < -0.4 is 10.1 Å². The van der Waals surface area contributed by atoms with Gasteiger partial charge in [0.15, 0.2) is 26.5 Å². The summed E-state index contributed by atoms with van der Waals surface area (Å²) in [5, 5.41) is 2.34. The first-order chi connectivity index (χ1) is 15.7. The number of anilines is 1. The van der Waals surface area contributed by atoms with Crippen LogP contribution in [0.3, 0.4) is 0 Å². The van der Waals surface area contributed by atoms with Gasteiger partial charge in [-0.05, 0) is 37.1 Å². The molecule has 1 atom stereocenters. The van der Waals surface area contributed by atoms with E-state index in [1.807, 2.05) is 0 Å². The zero-order valence-corrected chi connectivity index (χ0v) is 19.5. The van der Waals surface area contributed by atoms with E-state index < -0.39 is 38.7 Å². The summed E-state index contributed by atoms with van der Waals surface area (Å²) >= 11 is 6.88. The summed E-state index contributed by atoms with van der Waals surface area (Å²) in [6, 6.07) is 8.43. The number of rotatable bonds is 7. The van der Waals surface area contributed by atoms with E-state index in [2.05, 4.69) is 10.3 Å². The Kier molecular flexibility index (Phi) is 6.96. The average molecular weight is 513 g/mol. The number of sulfone groups is 1. The Morgan fingerprint density at radius 3 is 2.45 bits per heavy atom. The summed E-state index contributed by atoms with van der Waals surface area (Å²) < 4.78 is 59.1. The van der Waals surface area contributed by atoms with Crippen LogP contribution in [-0.4, -0.2) is 24.6 Å². The van der Waals surface area contributed by atoms with Gasteiger partial charge < -0.3 is 4.74 Å².